The van der Waals surface area contributed by atoms with Gasteiger partial charge in [-0.25, -0.2) is 0 Å². The van der Waals surface area contributed by atoms with Gasteiger partial charge in [-0.1, -0.05) is 53.2 Å². The maximum Gasteiger partial charge on any atom is 0.313 e. The summed E-state index contributed by atoms with van der Waals surface area (Å²) in [6.07, 6.45) is 13.3. The summed E-state index contributed by atoms with van der Waals surface area (Å²) in [5.74, 6) is -0.0260. The van der Waals surface area contributed by atoms with Crippen molar-refractivity contribution < 1.29 is 19.4 Å². The van der Waals surface area contributed by atoms with Crippen molar-refractivity contribution in [1.29, 1.82) is 0 Å². The fraction of sp³-hybridized carbons (Fsp3) is 0.875. The summed E-state index contributed by atoms with van der Waals surface area (Å²) in [4.78, 5) is 24.8. The summed E-state index contributed by atoms with van der Waals surface area (Å²) >= 11 is 0. The molecule has 0 spiro atoms. The van der Waals surface area contributed by atoms with Gasteiger partial charge < -0.3 is 9.84 Å². The fourth-order valence-electron chi connectivity index (χ4n) is 10.9. The molecular weight excluding hydrogens is 448 g/mol. The predicted molar refractivity (Wildman–Crippen MR) is 142 cm³/mol. The molecule has 0 heterocycles. The third-order valence-corrected chi connectivity index (χ3v) is 13.4. The van der Waals surface area contributed by atoms with E-state index in [-0.39, 0.29) is 28.1 Å². The number of allylic oxidation sites excluding steroid dienone is 2. The largest absolute Gasteiger partial charge is 0.481 e. The maximum absolute atomic E-state index is 12.8. The molecule has 0 aromatic rings. The van der Waals surface area contributed by atoms with E-state index in [4.69, 9.17) is 4.74 Å². The van der Waals surface area contributed by atoms with E-state index in [0.29, 0.717) is 29.1 Å². The van der Waals surface area contributed by atoms with E-state index in [9.17, 15) is 14.7 Å². The van der Waals surface area contributed by atoms with Crippen LogP contribution in [0.15, 0.2) is 11.6 Å². The van der Waals surface area contributed by atoms with Gasteiger partial charge in [0.25, 0.3) is 0 Å². The van der Waals surface area contributed by atoms with E-state index in [0.717, 1.165) is 25.7 Å². The van der Waals surface area contributed by atoms with Crippen molar-refractivity contribution >= 4 is 11.9 Å². The van der Waals surface area contributed by atoms with Crippen molar-refractivity contribution in [2.75, 3.05) is 0 Å². The molecule has 5 rings (SSSR count). The molecule has 0 amide bonds. The summed E-state index contributed by atoms with van der Waals surface area (Å²) in [5.41, 5.74) is 1.81. The molecule has 1 N–H and O–H groups in total. The molecule has 4 fully saturated rings. The second kappa shape index (κ2) is 7.85. The van der Waals surface area contributed by atoms with E-state index < -0.39 is 17.5 Å². The molecule has 0 aromatic carbocycles. The van der Waals surface area contributed by atoms with Gasteiger partial charge in [0.05, 0.1) is 0 Å². The molecule has 4 saturated carbocycles. The number of fused-ring (bicyclic) bond motifs is 7. The van der Waals surface area contributed by atoms with Crippen LogP contribution in [-0.4, -0.2) is 23.1 Å². The Morgan fingerprint density at radius 3 is 2.19 bits per heavy atom. The molecule has 9 atom stereocenters. The van der Waals surface area contributed by atoms with E-state index >= 15 is 0 Å². The predicted octanol–water partition coefficient (Wildman–Crippen LogP) is 7.80. The van der Waals surface area contributed by atoms with Crippen LogP contribution in [0.5, 0.6) is 0 Å². The zero-order valence-electron chi connectivity index (χ0n) is 24.1. The third-order valence-electron chi connectivity index (χ3n) is 13.4. The Morgan fingerprint density at radius 1 is 0.889 bits per heavy atom. The smallest absolute Gasteiger partial charge is 0.313 e. The van der Waals surface area contributed by atoms with Gasteiger partial charge in [0.15, 0.2) is 0 Å². The highest BCUT2D eigenvalue weighted by Gasteiger charge is 2.70. The highest BCUT2D eigenvalue weighted by Crippen LogP contribution is 2.75. The minimum absolute atomic E-state index is 0.0136. The zero-order valence-corrected chi connectivity index (χ0v) is 24.1. The normalized spacial score (nSPS) is 51.5. The van der Waals surface area contributed by atoms with Gasteiger partial charge in [0.1, 0.15) is 11.5 Å². The summed E-state index contributed by atoms with van der Waals surface area (Å²) in [7, 11) is 0. The van der Waals surface area contributed by atoms with Crippen molar-refractivity contribution in [3.63, 3.8) is 0 Å². The van der Waals surface area contributed by atoms with Gasteiger partial charge in [0.2, 0.25) is 0 Å². The first-order valence-corrected chi connectivity index (χ1v) is 14.6. The summed E-state index contributed by atoms with van der Waals surface area (Å²) < 4.78 is 5.69. The second-order valence-corrected chi connectivity index (χ2v) is 15.6. The van der Waals surface area contributed by atoms with Gasteiger partial charge >= 0.3 is 11.9 Å². The van der Waals surface area contributed by atoms with Crippen molar-refractivity contribution in [2.45, 2.75) is 126 Å². The second-order valence-electron chi connectivity index (χ2n) is 15.6. The standard InChI is InChI=1S/C32H50O4/c1-20(33)36-25-12-13-29(5)23-10-9-21-22-19-27(2,3)15-16-28(22,4)17-18-30(21,6)31(23,7)14-11-24(29)32(25,8)26(34)35/h9,22-25H,10-19H2,1-8H3,(H,34,35)/t22-,23-,24+,25+,28-,29-,30+,31-,32-/m1/s1. The van der Waals surface area contributed by atoms with Crippen molar-refractivity contribution in [3.8, 4) is 0 Å². The number of aliphatic carboxylic acids is 1. The lowest BCUT2D eigenvalue weighted by Gasteiger charge is -2.71. The number of carbonyl (C=O) groups excluding carboxylic acids is 1. The summed E-state index contributed by atoms with van der Waals surface area (Å²) in [6, 6.07) is 0. The molecule has 0 radical (unpaired) electrons. The molecular formula is C32H50O4. The first kappa shape index (κ1) is 26.3. The van der Waals surface area contributed by atoms with E-state index in [1.807, 2.05) is 6.92 Å². The van der Waals surface area contributed by atoms with Crippen LogP contribution < -0.4 is 0 Å². The van der Waals surface area contributed by atoms with Crippen LogP contribution in [0.25, 0.3) is 0 Å². The number of esters is 1. The molecule has 202 valence electrons. The molecule has 5 aliphatic rings. The Morgan fingerprint density at radius 2 is 1.56 bits per heavy atom. The van der Waals surface area contributed by atoms with Gasteiger partial charge in [0, 0.05) is 6.92 Å². The average Bonchev–Trinajstić information content (AvgIpc) is 2.77. The highest BCUT2D eigenvalue weighted by molar-refractivity contribution is 5.77. The zero-order chi connectivity index (χ0) is 26.5. The van der Waals surface area contributed by atoms with Crippen LogP contribution in [0, 0.1) is 50.2 Å². The first-order valence-electron chi connectivity index (χ1n) is 14.6. The third kappa shape index (κ3) is 3.30. The Hall–Kier alpha value is -1.32. The van der Waals surface area contributed by atoms with Gasteiger partial charge in [-0.2, -0.15) is 0 Å². The lowest BCUT2D eigenvalue weighted by Crippen LogP contribution is -2.66. The lowest BCUT2D eigenvalue weighted by atomic mass is 9.33. The van der Waals surface area contributed by atoms with Crippen LogP contribution >= 0.6 is 0 Å². The Labute approximate surface area is 219 Å². The number of rotatable bonds is 2. The summed E-state index contributed by atoms with van der Waals surface area (Å²) in [5, 5.41) is 10.5. The SMILES string of the molecule is CC(=O)O[C@H]1CC[C@]2(C)[C@H]3CC=C4[C@H]5CC(C)(C)CC[C@]5(C)CC[C@]4(C)[C@]3(C)CC[C@@H]2[C@@]1(C)C(=O)O. The average molecular weight is 499 g/mol. The minimum atomic E-state index is -1.04. The Bertz CT molecular complexity index is 996. The quantitative estimate of drug-likeness (QED) is 0.311. The van der Waals surface area contributed by atoms with Crippen LogP contribution in [0.2, 0.25) is 0 Å². The van der Waals surface area contributed by atoms with Crippen molar-refractivity contribution in [1.82, 2.24) is 0 Å². The van der Waals surface area contributed by atoms with Gasteiger partial charge in [-0.3, -0.25) is 9.59 Å². The number of hydrogen-bond acceptors (Lipinski definition) is 3. The number of ether oxygens (including phenoxy) is 1. The van der Waals surface area contributed by atoms with Crippen molar-refractivity contribution in [3.05, 3.63) is 11.6 Å². The van der Waals surface area contributed by atoms with Crippen LogP contribution in [0.1, 0.15) is 120 Å². The van der Waals surface area contributed by atoms with E-state index in [2.05, 4.69) is 47.6 Å². The number of carboxylic acids is 1. The topological polar surface area (TPSA) is 63.6 Å². The first-order chi connectivity index (χ1) is 16.5. The monoisotopic (exact) mass is 498 g/mol. The maximum atomic E-state index is 12.8. The number of carbonyl (C=O) groups is 2. The lowest BCUT2D eigenvalue weighted by molar-refractivity contribution is -0.222. The van der Waals surface area contributed by atoms with Crippen LogP contribution in [0.3, 0.4) is 0 Å². The minimum Gasteiger partial charge on any atom is -0.481 e. The van der Waals surface area contributed by atoms with Crippen LogP contribution in [0.4, 0.5) is 0 Å². The Kier molecular flexibility index (Phi) is 5.74. The van der Waals surface area contributed by atoms with Crippen LogP contribution in [-0.2, 0) is 14.3 Å². The van der Waals surface area contributed by atoms with E-state index in [1.54, 1.807) is 5.57 Å². The number of carboxylic acid groups (broad SMARTS) is 1. The van der Waals surface area contributed by atoms with Gasteiger partial charge in [-0.05, 0) is 116 Å². The summed E-state index contributed by atoms with van der Waals surface area (Å²) in [6.45, 7) is 18.3. The molecule has 0 unspecified atom stereocenters. The molecule has 36 heavy (non-hydrogen) atoms. The molecule has 0 saturated heterocycles. The molecule has 4 heteroatoms. The van der Waals surface area contributed by atoms with E-state index in [1.165, 1.54) is 39.0 Å². The molecule has 0 aromatic heterocycles. The molecule has 4 nitrogen and oxygen atoms in total. The fourth-order valence-corrected chi connectivity index (χ4v) is 10.9. The molecule has 0 aliphatic heterocycles. The van der Waals surface area contributed by atoms with Gasteiger partial charge in [-0.15, -0.1) is 0 Å². The number of hydrogen-bond donors (Lipinski definition) is 1. The molecule has 0 bridgehead atoms. The molecule has 5 aliphatic carbocycles. The Balaban J connectivity index is 1.56. The highest BCUT2D eigenvalue weighted by atomic mass is 16.5. The van der Waals surface area contributed by atoms with Crippen molar-refractivity contribution in [2.24, 2.45) is 50.2 Å².